The van der Waals surface area contributed by atoms with Crippen LogP contribution in [0.25, 0.3) is 22.0 Å². The van der Waals surface area contributed by atoms with Gasteiger partial charge in [0.2, 0.25) is 5.95 Å². The van der Waals surface area contributed by atoms with Crippen molar-refractivity contribution in [1.82, 2.24) is 14.9 Å². The molecule has 140 valence electrons. The van der Waals surface area contributed by atoms with Crippen molar-refractivity contribution in [3.8, 4) is 11.3 Å². The second-order valence-electron chi connectivity index (χ2n) is 8.05. The van der Waals surface area contributed by atoms with Crippen molar-refractivity contribution < 1.29 is 0 Å². The predicted octanol–water partition coefficient (Wildman–Crippen LogP) is 4.59. The second kappa shape index (κ2) is 7.65. The van der Waals surface area contributed by atoms with E-state index in [1.807, 2.05) is 12.3 Å². The minimum atomic E-state index is 0.808. The third-order valence-electron chi connectivity index (χ3n) is 5.41. The monoisotopic (exact) mass is 360 g/mol. The molecule has 0 unspecified atom stereocenters. The van der Waals surface area contributed by atoms with E-state index in [1.54, 1.807) is 0 Å². The maximum atomic E-state index is 4.86. The van der Waals surface area contributed by atoms with E-state index in [2.05, 4.69) is 72.2 Å². The third-order valence-corrected chi connectivity index (χ3v) is 5.41. The van der Waals surface area contributed by atoms with Gasteiger partial charge in [-0.2, -0.15) is 0 Å². The Morgan fingerprint density at radius 1 is 1.00 bits per heavy atom. The molecule has 0 atom stereocenters. The van der Waals surface area contributed by atoms with Crippen LogP contribution in [-0.2, 0) is 6.54 Å². The number of rotatable bonds is 4. The lowest BCUT2D eigenvalue weighted by atomic mass is 9.99. The molecule has 1 aliphatic heterocycles. The predicted molar refractivity (Wildman–Crippen MR) is 113 cm³/mol. The Labute approximate surface area is 161 Å². The van der Waals surface area contributed by atoms with E-state index in [1.165, 1.54) is 29.2 Å². The summed E-state index contributed by atoms with van der Waals surface area (Å²) >= 11 is 0. The molecule has 1 saturated heterocycles. The van der Waals surface area contributed by atoms with Gasteiger partial charge in [-0.25, -0.2) is 9.97 Å². The van der Waals surface area contributed by atoms with Gasteiger partial charge in [0.25, 0.3) is 0 Å². The average Bonchev–Trinajstić information content (AvgIpc) is 2.68. The summed E-state index contributed by atoms with van der Waals surface area (Å²) in [7, 11) is 4.20. The molecule has 0 N–H and O–H groups in total. The Bertz CT molecular complexity index is 927. The average molecular weight is 361 g/mol. The van der Waals surface area contributed by atoms with Crippen LogP contribution in [0.1, 0.15) is 25.3 Å². The van der Waals surface area contributed by atoms with Gasteiger partial charge in [0.05, 0.1) is 5.69 Å². The topological polar surface area (TPSA) is 32.3 Å². The smallest absolute Gasteiger partial charge is 0.225 e. The van der Waals surface area contributed by atoms with Gasteiger partial charge in [-0.05, 0) is 67.4 Å². The van der Waals surface area contributed by atoms with Crippen molar-refractivity contribution in [2.45, 2.75) is 26.3 Å². The minimum absolute atomic E-state index is 0.808. The molecular weight excluding hydrogens is 332 g/mol. The highest BCUT2D eigenvalue weighted by Crippen LogP contribution is 2.26. The maximum Gasteiger partial charge on any atom is 0.225 e. The van der Waals surface area contributed by atoms with Crippen molar-refractivity contribution in [3.05, 3.63) is 54.2 Å². The van der Waals surface area contributed by atoms with Gasteiger partial charge in [0.15, 0.2) is 0 Å². The van der Waals surface area contributed by atoms with Crippen LogP contribution < -0.4 is 4.90 Å². The SMILES string of the molecule is CC1CCN(c2nccc(-c3ccc4cc(CN(C)C)ccc4c3)n2)CC1. The van der Waals surface area contributed by atoms with E-state index in [0.717, 1.165) is 42.8 Å². The first-order valence-electron chi connectivity index (χ1n) is 9.84. The Morgan fingerprint density at radius 2 is 1.74 bits per heavy atom. The number of hydrogen-bond acceptors (Lipinski definition) is 4. The molecule has 4 nitrogen and oxygen atoms in total. The summed E-state index contributed by atoms with van der Waals surface area (Å²) in [6, 6.07) is 15.3. The quantitative estimate of drug-likeness (QED) is 0.681. The van der Waals surface area contributed by atoms with Gasteiger partial charge in [0, 0.05) is 31.4 Å². The van der Waals surface area contributed by atoms with E-state index >= 15 is 0 Å². The van der Waals surface area contributed by atoms with Crippen LogP contribution in [0.2, 0.25) is 0 Å². The van der Waals surface area contributed by atoms with Gasteiger partial charge in [-0.15, -0.1) is 0 Å². The molecule has 1 aliphatic rings. The molecule has 2 aromatic carbocycles. The number of hydrogen-bond donors (Lipinski definition) is 0. The summed E-state index contributed by atoms with van der Waals surface area (Å²) in [5.41, 5.74) is 3.48. The lowest BCUT2D eigenvalue weighted by molar-refractivity contribution is 0.403. The molecule has 4 rings (SSSR count). The zero-order valence-electron chi connectivity index (χ0n) is 16.5. The molecule has 27 heavy (non-hydrogen) atoms. The Kier molecular flexibility index (Phi) is 5.08. The summed E-state index contributed by atoms with van der Waals surface area (Å²) in [5.74, 6) is 1.67. The molecule has 4 heteroatoms. The molecule has 2 heterocycles. The number of benzene rings is 2. The summed E-state index contributed by atoms with van der Waals surface area (Å²) < 4.78 is 0. The van der Waals surface area contributed by atoms with Gasteiger partial charge >= 0.3 is 0 Å². The summed E-state index contributed by atoms with van der Waals surface area (Å²) in [4.78, 5) is 13.9. The van der Waals surface area contributed by atoms with Crippen LogP contribution in [0, 0.1) is 5.92 Å². The Balaban J connectivity index is 1.61. The van der Waals surface area contributed by atoms with Crippen LogP contribution in [0.3, 0.4) is 0 Å². The fourth-order valence-electron chi connectivity index (χ4n) is 3.79. The summed E-state index contributed by atoms with van der Waals surface area (Å²) in [5, 5.41) is 2.53. The Morgan fingerprint density at radius 3 is 2.52 bits per heavy atom. The summed E-state index contributed by atoms with van der Waals surface area (Å²) in [6.45, 7) is 5.39. The first kappa shape index (κ1) is 17.9. The zero-order valence-corrected chi connectivity index (χ0v) is 16.5. The number of aromatic nitrogens is 2. The van der Waals surface area contributed by atoms with Crippen LogP contribution in [0.15, 0.2) is 48.7 Å². The number of anilines is 1. The van der Waals surface area contributed by atoms with Gasteiger partial charge in [0.1, 0.15) is 0 Å². The molecule has 1 fully saturated rings. The van der Waals surface area contributed by atoms with E-state index in [9.17, 15) is 0 Å². The first-order valence-corrected chi connectivity index (χ1v) is 9.84. The first-order chi connectivity index (χ1) is 13.1. The van der Waals surface area contributed by atoms with Crippen molar-refractivity contribution in [1.29, 1.82) is 0 Å². The third kappa shape index (κ3) is 4.11. The molecule has 0 amide bonds. The molecule has 0 aliphatic carbocycles. The van der Waals surface area contributed by atoms with Crippen LogP contribution in [0.4, 0.5) is 5.95 Å². The fourth-order valence-corrected chi connectivity index (χ4v) is 3.79. The standard InChI is InChI=1S/C23H28N4/c1-17-9-12-27(13-10-17)23-24-11-8-22(25-23)21-7-6-19-14-18(16-26(2)3)4-5-20(19)15-21/h4-8,11,14-15,17H,9-10,12-13,16H2,1-3H3. The molecule has 3 aromatic rings. The number of piperidine rings is 1. The van der Waals surface area contributed by atoms with Crippen molar-refractivity contribution in [2.24, 2.45) is 5.92 Å². The highest BCUT2D eigenvalue weighted by Gasteiger charge is 2.18. The molecule has 1 aromatic heterocycles. The maximum absolute atomic E-state index is 4.86. The van der Waals surface area contributed by atoms with Gasteiger partial charge in [-0.3, -0.25) is 0 Å². The lowest BCUT2D eigenvalue weighted by Crippen LogP contribution is -2.34. The number of nitrogens with zero attached hydrogens (tertiary/aromatic N) is 4. The van der Waals surface area contributed by atoms with Crippen LogP contribution >= 0.6 is 0 Å². The van der Waals surface area contributed by atoms with Crippen LogP contribution in [-0.4, -0.2) is 42.1 Å². The van der Waals surface area contributed by atoms with Crippen LogP contribution in [0.5, 0.6) is 0 Å². The second-order valence-corrected chi connectivity index (χ2v) is 8.05. The zero-order chi connectivity index (χ0) is 18.8. The van der Waals surface area contributed by atoms with E-state index in [-0.39, 0.29) is 0 Å². The van der Waals surface area contributed by atoms with E-state index in [4.69, 9.17) is 4.98 Å². The normalized spacial score (nSPS) is 15.6. The Hall–Kier alpha value is -2.46. The fraction of sp³-hybridized carbons (Fsp3) is 0.391. The molecular formula is C23H28N4. The molecule has 0 saturated carbocycles. The van der Waals surface area contributed by atoms with Crippen molar-refractivity contribution >= 4 is 16.7 Å². The number of fused-ring (bicyclic) bond motifs is 1. The highest BCUT2D eigenvalue weighted by atomic mass is 15.2. The van der Waals surface area contributed by atoms with Gasteiger partial charge in [-0.1, -0.05) is 31.2 Å². The van der Waals surface area contributed by atoms with E-state index in [0.29, 0.717) is 0 Å². The largest absolute Gasteiger partial charge is 0.341 e. The van der Waals surface area contributed by atoms with E-state index < -0.39 is 0 Å². The van der Waals surface area contributed by atoms with Crippen molar-refractivity contribution in [2.75, 3.05) is 32.1 Å². The lowest BCUT2D eigenvalue weighted by Gasteiger charge is -2.30. The molecule has 0 radical (unpaired) electrons. The van der Waals surface area contributed by atoms with Crippen molar-refractivity contribution in [3.63, 3.8) is 0 Å². The highest BCUT2D eigenvalue weighted by molar-refractivity contribution is 5.87. The summed E-state index contributed by atoms with van der Waals surface area (Å²) in [6.07, 6.45) is 4.33. The van der Waals surface area contributed by atoms with Gasteiger partial charge < -0.3 is 9.80 Å². The molecule has 0 spiro atoms. The minimum Gasteiger partial charge on any atom is -0.341 e. The molecule has 0 bridgehead atoms.